The number of carbonyl (C=O) groups is 1. The third kappa shape index (κ3) is 3.11. The van der Waals surface area contributed by atoms with Gasteiger partial charge in [-0.05, 0) is 50.4 Å². The van der Waals surface area contributed by atoms with Gasteiger partial charge in [0.05, 0.1) is 12.7 Å². The van der Waals surface area contributed by atoms with Crippen molar-refractivity contribution in [3.05, 3.63) is 34.9 Å². The van der Waals surface area contributed by atoms with Gasteiger partial charge in [0.2, 0.25) is 0 Å². The summed E-state index contributed by atoms with van der Waals surface area (Å²) in [5.41, 5.74) is 2.97. The van der Waals surface area contributed by atoms with Gasteiger partial charge in [-0.1, -0.05) is 12.1 Å². The molecule has 2 aliphatic heterocycles. The molecular formula is C17H24N2O2. The van der Waals surface area contributed by atoms with Crippen molar-refractivity contribution in [3.8, 4) is 0 Å². The number of hydrogen-bond donors (Lipinski definition) is 1. The second-order valence-electron chi connectivity index (χ2n) is 6.20. The molecule has 0 radical (unpaired) electrons. The molecular weight excluding hydrogens is 264 g/mol. The molecule has 1 N–H and O–H groups in total. The number of nitrogens with one attached hydrogen (secondary N) is 1. The second-order valence-corrected chi connectivity index (χ2v) is 6.20. The molecule has 0 saturated carbocycles. The van der Waals surface area contributed by atoms with E-state index in [0.717, 1.165) is 29.8 Å². The van der Waals surface area contributed by atoms with E-state index in [0.29, 0.717) is 12.6 Å². The van der Waals surface area contributed by atoms with E-state index in [9.17, 15) is 4.79 Å². The van der Waals surface area contributed by atoms with E-state index in [2.05, 4.69) is 10.2 Å². The van der Waals surface area contributed by atoms with E-state index in [4.69, 9.17) is 4.74 Å². The maximum absolute atomic E-state index is 12.3. The summed E-state index contributed by atoms with van der Waals surface area (Å²) in [5.74, 6) is 0.00310. The van der Waals surface area contributed by atoms with Crippen LogP contribution in [0.3, 0.4) is 0 Å². The highest BCUT2D eigenvalue weighted by Gasteiger charge is 2.32. The van der Waals surface area contributed by atoms with Crippen molar-refractivity contribution in [3.63, 3.8) is 0 Å². The molecule has 2 atom stereocenters. The number of fused-ring (bicyclic) bond motifs is 1. The number of hydrogen-bond acceptors (Lipinski definition) is 3. The quantitative estimate of drug-likeness (QED) is 0.923. The average Bonchev–Trinajstić information content (AvgIpc) is 2.95. The lowest BCUT2D eigenvalue weighted by Gasteiger charge is -2.35. The fourth-order valence-electron chi connectivity index (χ4n) is 3.31. The molecule has 0 unspecified atom stereocenters. The van der Waals surface area contributed by atoms with Gasteiger partial charge in [-0.3, -0.25) is 9.69 Å². The minimum absolute atomic E-state index is 0.00310. The van der Waals surface area contributed by atoms with E-state index in [1.165, 1.54) is 19.4 Å². The molecule has 4 heteroatoms. The molecule has 3 rings (SSSR count). The second kappa shape index (κ2) is 6.16. The summed E-state index contributed by atoms with van der Waals surface area (Å²) < 4.78 is 5.88. The Morgan fingerprint density at radius 1 is 1.43 bits per heavy atom. The normalized spacial score (nSPS) is 25.6. The summed E-state index contributed by atoms with van der Waals surface area (Å²) in [7, 11) is 0. The van der Waals surface area contributed by atoms with Gasteiger partial charge < -0.3 is 10.1 Å². The maximum atomic E-state index is 12.3. The van der Waals surface area contributed by atoms with Crippen LogP contribution in [0.25, 0.3) is 0 Å². The van der Waals surface area contributed by atoms with Gasteiger partial charge in [-0.25, -0.2) is 0 Å². The molecule has 1 amide bonds. The molecule has 1 aromatic carbocycles. The molecule has 4 nitrogen and oxygen atoms in total. The highest BCUT2D eigenvalue weighted by atomic mass is 16.5. The zero-order valence-corrected chi connectivity index (χ0v) is 12.9. The Labute approximate surface area is 126 Å². The van der Waals surface area contributed by atoms with Crippen LogP contribution in [0.15, 0.2) is 18.2 Å². The Kier molecular flexibility index (Phi) is 4.27. The van der Waals surface area contributed by atoms with Crippen LogP contribution in [0, 0.1) is 13.8 Å². The van der Waals surface area contributed by atoms with E-state index >= 15 is 0 Å². The summed E-state index contributed by atoms with van der Waals surface area (Å²) in [4.78, 5) is 14.8. The van der Waals surface area contributed by atoms with E-state index in [1.807, 2.05) is 32.0 Å². The van der Waals surface area contributed by atoms with Crippen LogP contribution < -0.4 is 5.32 Å². The van der Waals surface area contributed by atoms with Gasteiger partial charge in [-0.2, -0.15) is 0 Å². The van der Waals surface area contributed by atoms with Crippen molar-refractivity contribution in [2.24, 2.45) is 0 Å². The van der Waals surface area contributed by atoms with Gasteiger partial charge in [0.15, 0.2) is 0 Å². The number of ether oxygens (including phenoxy) is 1. The van der Waals surface area contributed by atoms with E-state index in [1.54, 1.807) is 0 Å². The summed E-state index contributed by atoms with van der Waals surface area (Å²) in [6.45, 7) is 7.55. The fraction of sp³-hybridized carbons (Fsp3) is 0.588. The van der Waals surface area contributed by atoms with Crippen molar-refractivity contribution in [1.82, 2.24) is 10.2 Å². The Hall–Kier alpha value is -1.39. The van der Waals surface area contributed by atoms with E-state index < -0.39 is 0 Å². The molecule has 0 bridgehead atoms. The largest absolute Gasteiger partial charge is 0.373 e. The zero-order valence-electron chi connectivity index (χ0n) is 12.9. The predicted molar refractivity (Wildman–Crippen MR) is 82.6 cm³/mol. The Balaban J connectivity index is 1.55. The monoisotopic (exact) mass is 288 g/mol. The molecule has 2 saturated heterocycles. The SMILES string of the molecule is Cc1cccc(C(=O)NC[C@H]2CN3CCC[C@H]3CO2)c1C. The van der Waals surface area contributed by atoms with Gasteiger partial charge in [0.1, 0.15) is 0 Å². The average molecular weight is 288 g/mol. The first kappa shape index (κ1) is 14.5. The van der Waals surface area contributed by atoms with Crippen LogP contribution in [0.2, 0.25) is 0 Å². The number of morpholine rings is 1. The van der Waals surface area contributed by atoms with Crippen molar-refractivity contribution in [1.29, 1.82) is 0 Å². The van der Waals surface area contributed by atoms with E-state index in [-0.39, 0.29) is 12.0 Å². The summed E-state index contributed by atoms with van der Waals surface area (Å²) in [5, 5.41) is 3.03. The molecule has 114 valence electrons. The lowest BCUT2D eigenvalue weighted by atomic mass is 10.0. The minimum Gasteiger partial charge on any atom is -0.373 e. The third-order valence-electron chi connectivity index (χ3n) is 4.80. The van der Waals surface area contributed by atoms with Crippen molar-refractivity contribution in [2.75, 3.05) is 26.2 Å². The number of aryl methyl sites for hydroxylation is 1. The van der Waals surface area contributed by atoms with Crippen LogP contribution in [0.4, 0.5) is 0 Å². The Morgan fingerprint density at radius 3 is 3.14 bits per heavy atom. The molecule has 0 spiro atoms. The standard InChI is InChI=1S/C17H24N2O2/c1-12-5-3-7-16(13(12)2)17(20)18-9-15-10-19-8-4-6-14(19)11-21-15/h3,5,7,14-15H,4,6,8-11H2,1-2H3,(H,18,20)/t14-,15-/m0/s1. The number of rotatable bonds is 3. The Bertz CT molecular complexity index is 530. The van der Waals surface area contributed by atoms with Crippen LogP contribution in [-0.4, -0.2) is 49.2 Å². The predicted octanol–water partition coefficient (Wildman–Crippen LogP) is 1.90. The Morgan fingerprint density at radius 2 is 2.29 bits per heavy atom. The smallest absolute Gasteiger partial charge is 0.251 e. The first-order chi connectivity index (χ1) is 10.1. The van der Waals surface area contributed by atoms with Gasteiger partial charge in [0.25, 0.3) is 5.91 Å². The van der Waals surface area contributed by atoms with Gasteiger partial charge in [0, 0.05) is 24.7 Å². The summed E-state index contributed by atoms with van der Waals surface area (Å²) >= 11 is 0. The molecule has 1 aromatic rings. The molecule has 0 aliphatic carbocycles. The minimum atomic E-state index is 0.00310. The number of benzene rings is 1. The maximum Gasteiger partial charge on any atom is 0.251 e. The number of carbonyl (C=O) groups excluding carboxylic acids is 1. The van der Waals surface area contributed by atoms with Gasteiger partial charge >= 0.3 is 0 Å². The molecule has 21 heavy (non-hydrogen) atoms. The highest BCUT2D eigenvalue weighted by molar-refractivity contribution is 5.95. The van der Waals surface area contributed by atoms with Crippen LogP contribution >= 0.6 is 0 Å². The molecule has 2 fully saturated rings. The zero-order chi connectivity index (χ0) is 14.8. The lowest BCUT2D eigenvalue weighted by Crippen LogP contribution is -2.50. The highest BCUT2D eigenvalue weighted by Crippen LogP contribution is 2.22. The number of amides is 1. The fourth-order valence-corrected chi connectivity index (χ4v) is 3.31. The van der Waals surface area contributed by atoms with Crippen LogP contribution in [0.5, 0.6) is 0 Å². The number of nitrogens with zero attached hydrogens (tertiary/aromatic N) is 1. The molecule has 0 aromatic heterocycles. The topological polar surface area (TPSA) is 41.6 Å². The first-order valence-electron chi connectivity index (χ1n) is 7.85. The van der Waals surface area contributed by atoms with Crippen molar-refractivity contribution >= 4 is 5.91 Å². The summed E-state index contributed by atoms with van der Waals surface area (Å²) in [6.07, 6.45) is 2.64. The molecule has 2 aliphatic rings. The van der Waals surface area contributed by atoms with Crippen molar-refractivity contribution in [2.45, 2.75) is 38.8 Å². The molecule has 2 heterocycles. The van der Waals surface area contributed by atoms with Crippen LogP contribution in [0.1, 0.15) is 34.3 Å². The first-order valence-corrected chi connectivity index (χ1v) is 7.85. The van der Waals surface area contributed by atoms with Crippen LogP contribution in [-0.2, 0) is 4.74 Å². The third-order valence-corrected chi connectivity index (χ3v) is 4.80. The lowest BCUT2D eigenvalue weighted by molar-refractivity contribution is -0.0461. The summed E-state index contributed by atoms with van der Waals surface area (Å²) in [6, 6.07) is 6.46. The van der Waals surface area contributed by atoms with Crippen molar-refractivity contribution < 1.29 is 9.53 Å². The van der Waals surface area contributed by atoms with Gasteiger partial charge in [-0.15, -0.1) is 0 Å².